The van der Waals surface area contributed by atoms with Gasteiger partial charge in [-0.3, -0.25) is 4.90 Å². The Morgan fingerprint density at radius 1 is 1.12 bits per heavy atom. The standard InChI is InChI=1S/C24H26BrF3N2O2S/c1-4-5-12-29(15-18(3)25)16-21-13-19-8-9-20(24(26,27)28)14-23(19)30(21)33(31,32)22-10-6-17(2)7-11-22/h6-11,13-14H,3-5,12,15-16H2,1-2H3. The number of halogens is 4. The molecule has 0 aliphatic rings. The molecule has 0 bridgehead atoms. The maximum Gasteiger partial charge on any atom is 0.416 e. The highest BCUT2D eigenvalue weighted by Gasteiger charge is 2.32. The highest BCUT2D eigenvalue weighted by Crippen LogP contribution is 2.34. The average molecular weight is 543 g/mol. The highest BCUT2D eigenvalue weighted by atomic mass is 79.9. The number of aryl methyl sites for hydroxylation is 1. The maximum absolute atomic E-state index is 13.7. The second-order valence-electron chi connectivity index (χ2n) is 8.07. The zero-order chi connectivity index (χ0) is 24.4. The van der Waals surface area contributed by atoms with E-state index in [-0.39, 0.29) is 17.0 Å². The molecule has 0 unspecified atom stereocenters. The fourth-order valence-corrected chi connectivity index (χ4v) is 5.57. The van der Waals surface area contributed by atoms with Gasteiger partial charge >= 0.3 is 6.18 Å². The van der Waals surface area contributed by atoms with Crippen LogP contribution in [0.25, 0.3) is 10.9 Å². The van der Waals surface area contributed by atoms with Gasteiger partial charge in [-0.25, -0.2) is 12.4 Å². The summed E-state index contributed by atoms with van der Waals surface area (Å²) in [5.74, 6) is 0. The predicted octanol–water partition coefficient (Wildman–Crippen LogP) is 6.72. The third-order valence-electron chi connectivity index (χ3n) is 5.33. The predicted molar refractivity (Wildman–Crippen MR) is 129 cm³/mol. The van der Waals surface area contributed by atoms with Crippen LogP contribution in [0.3, 0.4) is 0 Å². The monoisotopic (exact) mass is 542 g/mol. The molecule has 4 nitrogen and oxygen atoms in total. The maximum atomic E-state index is 13.7. The van der Waals surface area contributed by atoms with Crippen molar-refractivity contribution in [2.24, 2.45) is 0 Å². The lowest BCUT2D eigenvalue weighted by Crippen LogP contribution is -2.28. The Morgan fingerprint density at radius 2 is 1.79 bits per heavy atom. The third-order valence-corrected chi connectivity index (χ3v) is 7.36. The summed E-state index contributed by atoms with van der Waals surface area (Å²) in [7, 11) is -4.14. The molecule has 1 heterocycles. The van der Waals surface area contributed by atoms with Gasteiger partial charge in [-0.15, -0.1) is 0 Å². The van der Waals surface area contributed by atoms with Gasteiger partial charge in [0.1, 0.15) is 0 Å². The summed E-state index contributed by atoms with van der Waals surface area (Å²) in [5.41, 5.74) is 0.396. The van der Waals surface area contributed by atoms with E-state index in [0.29, 0.717) is 24.2 Å². The van der Waals surface area contributed by atoms with Gasteiger partial charge in [0.05, 0.1) is 16.0 Å². The molecule has 33 heavy (non-hydrogen) atoms. The minimum atomic E-state index is -4.59. The molecule has 0 fully saturated rings. The first-order valence-corrected chi connectivity index (χ1v) is 12.8. The average Bonchev–Trinajstić information content (AvgIpc) is 3.09. The molecule has 0 aliphatic carbocycles. The molecule has 9 heteroatoms. The van der Waals surface area contributed by atoms with E-state index >= 15 is 0 Å². The number of rotatable bonds is 9. The van der Waals surface area contributed by atoms with Crippen LogP contribution in [0, 0.1) is 6.92 Å². The number of fused-ring (bicyclic) bond motifs is 1. The molecule has 1 aromatic heterocycles. The Kier molecular flexibility index (Phi) is 7.76. The molecule has 178 valence electrons. The van der Waals surface area contributed by atoms with E-state index in [0.717, 1.165) is 39.0 Å². The van der Waals surface area contributed by atoms with Crippen molar-refractivity contribution in [1.29, 1.82) is 0 Å². The van der Waals surface area contributed by atoms with Crippen LogP contribution in [0.1, 0.15) is 36.6 Å². The first-order valence-electron chi connectivity index (χ1n) is 10.5. The van der Waals surface area contributed by atoms with Gasteiger partial charge in [-0.2, -0.15) is 13.2 Å². The first kappa shape index (κ1) is 25.5. The van der Waals surface area contributed by atoms with Crippen molar-refractivity contribution in [1.82, 2.24) is 8.87 Å². The summed E-state index contributed by atoms with van der Waals surface area (Å²) in [4.78, 5) is 2.05. The number of aromatic nitrogens is 1. The molecule has 0 atom stereocenters. The van der Waals surface area contributed by atoms with Gasteiger partial charge in [0.25, 0.3) is 10.0 Å². The van der Waals surface area contributed by atoms with Crippen LogP contribution in [0.2, 0.25) is 0 Å². The van der Waals surface area contributed by atoms with E-state index in [9.17, 15) is 21.6 Å². The Balaban J connectivity index is 2.22. The molecule has 0 radical (unpaired) electrons. The van der Waals surface area contributed by atoms with Gasteiger partial charge in [-0.1, -0.05) is 59.6 Å². The van der Waals surface area contributed by atoms with Crippen molar-refractivity contribution in [3.63, 3.8) is 0 Å². The van der Waals surface area contributed by atoms with E-state index < -0.39 is 21.8 Å². The van der Waals surface area contributed by atoms with E-state index in [2.05, 4.69) is 29.4 Å². The Bertz CT molecular complexity index is 1250. The molecule has 0 saturated carbocycles. The number of hydrogen-bond donors (Lipinski definition) is 0. The Morgan fingerprint density at radius 3 is 2.36 bits per heavy atom. The SMILES string of the molecule is C=C(Br)CN(CCCC)Cc1cc2ccc(C(F)(F)F)cc2n1S(=O)(=O)c1ccc(C)cc1. The van der Waals surface area contributed by atoms with Crippen molar-refractivity contribution in [2.45, 2.75) is 44.3 Å². The minimum absolute atomic E-state index is 0.00788. The van der Waals surface area contributed by atoms with Gasteiger partial charge < -0.3 is 0 Å². The number of benzene rings is 2. The summed E-state index contributed by atoms with van der Waals surface area (Å²) in [6, 6.07) is 11.1. The Hall–Kier alpha value is -2.10. The lowest BCUT2D eigenvalue weighted by atomic mass is 10.1. The van der Waals surface area contributed by atoms with E-state index in [1.165, 1.54) is 18.2 Å². The molecular weight excluding hydrogens is 517 g/mol. The quantitative estimate of drug-likeness (QED) is 0.301. The van der Waals surface area contributed by atoms with Crippen molar-refractivity contribution < 1.29 is 21.6 Å². The van der Waals surface area contributed by atoms with Gasteiger partial charge in [0.15, 0.2) is 0 Å². The molecule has 0 amide bonds. The van der Waals surface area contributed by atoms with Crippen LogP contribution in [0.5, 0.6) is 0 Å². The summed E-state index contributed by atoms with van der Waals surface area (Å²) < 4.78 is 69.4. The van der Waals surface area contributed by atoms with E-state index in [1.807, 2.05) is 11.8 Å². The van der Waals surface area contributed by atoms with Crippen molar-refractivity contribution in [3.05, 3.63) is 76.4 Å². The van der Waals surface area contributed by atoms with Crippen LogP contribution >= 0.6 is 15.9 Å². The Labute approximate surface area is 200 Å². The fourth-order valence-electron chi connectivity index (χ4n) is 3.69. The van der Waals surface area contributed by atoms with Crippen molar-refractivity contribution >= 4 is 36.9 Å². The molecule has 3 rings (SSSR count). The van der Waals surface area contributed by atoms with Crippen LogP contribution in [-0.2, 0) is 22.7 Å². The second-order valence-corrected chi connectivity index (χ2v) is 11.0. The summed E-state index contributed by atoms with van der Waals surface area (Å²) >= 11 is 3.36. The smallest absolute Gasteiger partial charge is 0.293 e. The molecule has 0 N–H and O–H groups in total. The van der Waals surface area contributed by atoms with Crippen LogP contribution in [0.4, 0.5) is 13.2 Å². The number of hydrogen-bond acceptors (Lipinski definition) is 3. The molecular formula is C24H26BrF3N2O2S. The normalized spacial score (nSPS) is 12.6. The minimum Gasteiger partial charge on any atom is -0.293 e. The zero-order valence-electron chi connectivity index (χ0n) is 18.5. The number of alkyl halides is 3. The fraction of sp³-hybridized carbons (Fsp3) is 0.333. The van der Waals surface area contributed by atoms with Crippen LogP contribution in [0.15, 0.2) is 64.5 Å². The zero-order valence-corrected chi connectivity index (χ0v) is 20.9. The summed E-state index contributed by atoms with van der Waals surface area (Å²) in [6.45, 7) is 9.19. The molecule has 2 aromatic carbocycles. The summed E-state index contributed by atoms with van der Waals surface area (Å²) in [6.07, 6.45) is -2.74. The second kappa shape index (κ2) is 10.0. The van der Waals surface area contributed by atoms with Gasteiger partial charge in [-0.05, 0) is 50.2 Å². The largest absolute Gasteiger partial charge is 0.416 e. The number of nitrogens with zero attached hydrogens (tertiary/aromatic N) is 2. The molecule has 3 aromatic rings. The van der Waals surface area contributed by atoms with E-state index in [1.54, 1.807) is 18.2 Å². The van der Waals surface area contributed by atoms with Crippen molar-refractivity contribution in [2.75, 3.05) is 13.1 Å². The van der Waals surface area contributed by atoms with Gasteiger partial charge in [0, 0.05) is 28.7 Å². The van der Waals surface area contributed by atoms with Crippen molar-refractivity contribution in [3.8, 4) is 0 Å². The topological polar surface area (TPSA) is 42.3 Å². The summed E-state index contributed by atoms with van der Waals surface area (Å²) in [5, 5.41) is 0.432. The third kappa shape index (κ3) is 5.88. The molecule has 0 saturated heterocycles. The van der Waals surface area contributed by atoms with Crippen LogP contribution < -0.4 is 0 Å². The lowest BCUT2D eigenvalue weighted by molar-refractivity contribution is -0.137. The molecule has 0 aliphatic heterocycles. The highest BCUT2D eigenvalue weighted by molar-refractivity contribution is 9.11. The first-order chi connectivity index (χ1) is 15.4. The molecule has 0 spiro atoms. The van der Waals surface area contributed by atoms with Gasteiger partial charge in [0.2, 0.25) is 0 Å². The van der Waals surface area contributed by atoms with E-state index in [4.69, 9.17) is 0 Å². The van der Waals surface area contributed by atoms with Crippen LogP contribution in [-0.4, -0.2) is 30.4 Å². The number of unbranched alkanes of at least 4 members (excludes halogenated alkanes) is 1. The lowest BCUT2D eigenvalue weighted by Gasteiger charge is -2.23.